The number of benzene rings is 1. The molecule has 1 aromatic rings. The quantitative estimate of drug-likeness (QED) is 0.697. The van der Waals surface area contributed by atoms with Crippen LogP contribution < -0.4 is 0 Å². The summed E-state index contributed by atoms with van der Waals surface area (Å²) in [6, 6.07) is 8.91. The fourth-order valence-electron chi connectivity index (χ4n) is 3.83. The van der Waals surface area contributed by atoms with Crippen LogP contribution in [0.2, 0.25) is 0 Å². The van der Waals surface area contributed by atoms with Crippen LogP contribution in [0.3, 0.4) is 0 Å². The number of fused-ring (bicyclic) bond motifs is 1. The van der Waals surface area contributed by atoms with Crippen LogP contribution in [0.5, 0.6) is 0 Å². The highest BCUT2D eigenvalue weighted by Crippen LogP contribution is 2.43. The Morgan fingerprint density at radius 3 is 2.28 bits per heavy atom. The average Bonchev–Trinajstić information content (AvgIpc) is 2.42. The Kier molecular flexibility index (Phi) is 3.63. The van der Waals surface area contributed by atoms with Crippen molar-refractivity contribution in [3.05, 3.63) is 41.5 Å². The minimum Gasteiger partial charge on any atom is -0.316 e. The van der Waals surface area contributed by atoms with Gasteiger partial charge in [-0.15, -0.1) is 0 Å². The minimum absolute atomic E-state index is 0.226. The third-order valence-electron chi connectivity index (χ3n) is 5.22. The van der Waals surface area contributed by atoms with E-state index in [0.29, 0.717) is 0 Å². The molecule has 1 nitrogen and oxygen atoms in total. The van der Waals surface area contributed by atoms with Crippen LogP contribution in [-0.4, -0.2) is 24.1 Å². The van der Waals surface area contributed by atoms with Crippen molar-refractivity contribution >= 4 is 6.08 Å². The van der Waals surface area contributed by atoms with Gasteiger partial charge in [0.05, 0.1) is 19.6 Å². The van der Waals surface area contributed by atoms with Crippen LogP contribution >= 0.6 is 0 Å². The van der Waals surface area contributed by atoms with E-state index in [-0.39, 0.29) is 5.54 Å². The molecule has 0 amide bonds. The second-order valence-corrected chi connectivity index (χ2v) is 5.56. The molecular weight excluding hydrogens is 218 g/mol. The summed E-state index contributed by atoms with van der Waals surface area (Å²) in [5.74, 6) is 0. The molecule has 18 heavy (non-hydrogen) atoms. The zero-order chi connectivity index (χ0) is 13.2. The van der Waals surface area contributed by atoms with Gasteiger partial charge in [-0.05, 0) is 33.3 Å². The average molecular weight is 244 g/mol. The summed E-state index contributed by atoms with van der Waals surface area (Å²) in [5, 5.41) is 0. The molecule has 1 unspecified atom stereocenters. The van der Waals surface area contributed by atoms with Crippen molar-refractivity contribution in [3.63, 3.8) is 0 Å². The normalized spacial score (nSPS) is 22.9. The third-order valence-corrected chi connectivity index (χ3v) is 5.22. The molecule has 1 heteroatoms. The standard InChI is InChI=1S/C17H26N/c1-5-18(6-2,7-3)17(4)14-10-12-15-11-8-9-13-16(15)17/h8-13H,5-7,14H2,1-4H3/q+1. The van der Waals surface area contributed by atoms with Crippen molar-refractivity contribution in [1.82, 2.24) is 0 Å². The fourth-order valence-corrected chi connectivity index (χ4v) is 3.83. The van der Waals surface area contributed by atoms with Crippen LogP contribution in [0.25, 0.3) is 6.08 Å². The summed E-state index contributed by atoms with van der Waals surface area (Å²) < 4.78 is 1.17. The van der Waals surface area contributed by atoms with Crippen LogP contribution in [0.15, 0.2) is 30.3 Å². The Balaban J connectivity index is 2.58. The number of hydrogen-bond acceptors (Lipinski definition) is 0. The SMILES string of the molecule is CC[N+](CC)(CC)C1(C)CC=Cc2ccccc21. The van der Waals surface area contributed by atoms with E-state index in [1.807, 2.05) is 0 Å². The Morgan fingerprint density at radius 1 is 1.06 bits per heavy atom. The highest BCUT2D eigenvalue weighted by Gasteiger charge is 2.46. The van der Waals surface area contributed by atoms with Crippen molar-refractivity contribution in [3.8, 4) is 0 Å². The van der Waals surface area contributed by atoms with E-state index in [2.05, 4.69) is 64.1 Å². The number of quaternary nitrogens is 1. The Bertz CT molecular complexity index is 434. The summed E-state index contributed by atoms with van der Waals surface area (Å²) in [4.78, 5) is 0. The van der Waals surface area contributed by atoms with Crippen LogP contribution in [0.1, 0.15) is 45.2 Å². The van der Waals surface area contributed by atoms with Crippen molar-refractivity contribution in [2.75, 3.05) is 19.6 Å². The van der Waals surface area contributed by atoms with Crippen molar-refractivity contribution in [2.24, 2.45) is 0 Å². The lowest BCUT2D eigenvalue weighted by atomic mass is 9.78. The molecule has 0 radical (unpaired) electrons. The summed E-state index contributed by atoms with van der Waals surface area (Å²) in [7, 11) is 0. The molecule has 0 saturated heterocycles. The van der Waals surface area contributed by atoms with E-state index in [1.54, 1.807) is 0 Å². The fraction of sp³-hybridized carbons (Fsp3) is 0.529. The van der Waals surface area contributed by atoms with Gasteiger partial charge < -0.3 is 4.48 Å². The summed E-state index contributed by atoms with van der Waals surface area (Å²) in [6.07, 6.45) is 5.79. The summed E-state index contributed by atoms with van der Waals surface area (Å²) >= 11 is 0. The first kappa shape index (κ1) is 13.4. The predicted octanol–water partition coefficient (Wildman–Crippen LogP) is 4.20. The van der Waals surface area contributed by atoms with Gasteiger partial charge in [-0.3, -0.25) is 0 Å². The molecule has 0 saturated carbocycles. The molecule has 1 aromatic carbocycles. The topological polar surface area (TPSA) is 0 Å². The molecule has 2 rings (SSSR count). The van der Waals surface area contributed by atoms with E-state index in [9.17, 15) is 0 Å². The van der Waals surface area contributed by atoms with Gasteiger partial charge in [-0.2, -0.15) is 0 Å². The molecule has 98 valence electrons. The van der Waals surface area contributed by atoms with Crippen LogP contribution in [0, 0.1) is 0 Å². The number of rotatable bonds is 4. The molecule has 0 N–H and O–H groups in total. The third kappa shape index (κ3) is 1.73. The second kappa shape index (κ2) is 4.89. The Hall–Kier alpha value is -1.08. The van der Waals surface area contributed by atoms with E-state index in [1.165, 1.54) is 35.2 Å². The van der Waals surface area contributed by atoms with Gasteiger partial charge in [0.15, 0.2) is 0 Å². The van der Waals surface area contributed by atoms with Gasteiger partial charge in [-0.25, -0.2) is 0 Å². The second-order valence-electron chi connectivity index (χ2n) is 5.56. The van der Waals surface area contributed by atoms with Crippen LogP contribution in [-0.2, 0) is 5.54 Å². The summed E-state index contributed by atoms with van der Waals surface area (Å²) in [6.45, 7) is 13.0. The summed E-state index contributed by atoms with van der Waals surface area (Å²) in [5.41, 5.74) is 3.16. The van der Waals surface area contributed by atoms with Gasteiger partial charge >= 0.3 is 0 Å². The largest absolute Gasteiger partial charge is 0.316 e. The van der Waals surface area contributed by atoms with Crippen molar-refractivity contribution < 1.29 is 4.48 Å². The van der Waals surface area contributed by atoms with Gasteiger partial charge in [-0.1, -0.05) is 36.4 Å². The van der Waals surface area contributed by atoms with E-state index < -0.39 is 0 Å². The first-order valence-electron chi connectivity index (χ1n) is 7.25. The molecule has 0 fully saturated rings. The maximum atomic E-state index is 2.45. The predicted molar refractivity (Wildman–Crippen MR) is 79.3 cm³/mol. The monoisotopic (exact) mass is 244 g/mol. The van der Waals surface area contributed by atoms with E-state index in [0.717, 1.165) is 6.42 Å². The molecule has 0 aromatic heterocycles. The molecule has 0 spiro atoms. The zero-order valence-corrected chi connectivity index (χ0v) is 12.2. The van der Waals surface area contributed by atoms with Gasteiger partial charge in [0, 0.05) is 12.0 Å². The maximum Gasteiger partial charge on any atom is 0.126 e. The first-order valence-corrected chi connectivity index (χ1v) is 7.25. The van der Waals surface area contributed by atoms with E-state index >= 15 is 0 Å². The Labute approximate surface area is 112 Å². The molecule has 0 heterocycles. The van der Waals surface area contributed by atoms with Crippen molar-refractivity contribution in [1.29, 1.82) is 0 Å². The molecule has 1 aliphatic carbocycles. The van der Waals surface area contributed by atoms with Gasteiger partial charge in [0.2, 0.25) is 0 Å². The van der Waals surface area contributed by atoms with Gasteiger partial charge in [0.25, 0.3) is 0 Å². The Morgan fingerprint density at radius 2 is 1.67 bits per heavy atom. The molecule has 0 aliphatic heterocycles. The van der Waals surface area contributed by atoms with Gasteiger partial charge in [0.1, 0.15) is 5.54 Å². The highest BCUT2D eigenvalue weighted by atomic mass is 15.4. The lowest BCUT2D eigenvalue weighted by Gasteiger charge is -2.52. The molecule has 0 bridgehead atoms. The highest BCUT2D eigenvalue weighted by molar-refractivity contribution is 5.58. The lowest BCUT2D eigenvalue weighted by Crippen LogP contribution is -2.61. The smallest absolute Gasteiger partial charge is 0.126 e. The minimum atomic E-state index is 0.226. The number of hydrogen-bond donors (Lipinski definition) is 0. The number of nitrogens with zero attached hydrogens (tertiary/aromatic N) is 1. The zero-order valence-electron chi connectivity index (χ0n) is 12.2. The van der Waals surface area contributed by atoms with Crippen LogP contribution in [0.4, 0.5) is 0 Å². The maximum absolute atomic E-state index is 2.45. The lowest BCUT2D eigenvalue weighted by molar-refractivity contribution is -0.977. The molecule has 1 atom stereocenters. The van der Waals surface area contributed by atoms with Crippen molar-refractivity contribution in [2.45, 2.75) is 39.7 Å². The molecular formula is C17H26N+. The van der Waals surface area contributed by atoms with E-state index in [4.69, 9.17) is 0 Å². The molecule has 1 aliphatic rings. The first-order chi connectivity index (χ1) is 8.63.